The Bertz CT molecular complexity index is 1530. The minimum atomic E-state index is -4.39. The van der Waals surface area contributed by atoms with E-state index in [1.165, 1.54) is 49.5 Å². The third kappa shape index (κ3) is 8.22. The van der Waals surface area contributed by atoms with Crippen molar-refractivity contribution in [3.05, 3.63) is 82.6 Å². The summed E-state index contributed by atoms with van der Waals surface area (Å²) in [6.45, 7) is 6.42. The van der Waals surface area contributed by atoms with Crippen LogP contribution in [0.15, 0.2) is 76.1 Å². The third-order valence-corrected chi connectivity index (χ3v) is 8.51. The van der Waals surface area contributed by atoms with Crippen LogP contribution in [0.2, 0.25) is 0 Å². The Labute approximate surface area is 254 Å². The van der Waals surface area contributed by atoms with Gasteiger partial charge < -0.3 is 19.7 Å². The molecule has 2 amide bonds. The first-order valence-electron chi connectivity index (χ1n) is 13.0. The highest BCUT2D eigenvalue weighted by molar-refractivity contribution is 9.10. The van der Waals surface area contributed by atoms with Gasteiger partial charge in [0, 0.05) is 22.6 Å². The summed E-state index contributed by atoms with van der Waals surface area (Å²) in [4.78, 5) is 28.3. The summed E-state index contributed by atoms with van der Waals surface area (Å²) in [5, 5.41) is 2.88. The molecule has 0 spiro atoms. The Morgan fingerprint density at radius 3 is 2.19 bits per heavy atom. The first-order chi connectivity index (χ1) is 19.7. The van der Waals surface area contributed by atoms with Crippen LogP contribution in [-0.4, -0.2) is 57.5 Å². The fourth-order valence-corrected chi connectivity index (χ4v) is 6.01. The number of ether oxygens (including phenoxy) is 2. The topological polar surface area (TPSA) is 105 Å². The van der Waals surface area contributed by atoms with Crippen molar-refractivity contribution in [2.24, 2.45) is 0 Å². The number of rotatable bonds is 11. The van der Waals surface area contributed by atoms with Gasteiger partial charge in [0.15, 0.2) is 11.5 Å². The molecule has 0 saturated carbocycles. The van der Waals surface area contributed by atoms with Gasteiger partial charge in [0.2, 0.25) is 11.8 Å². The number of anilines is 1. The van der Waals surface area contributed by atoms with Crippen LogP contribution in [0, 0.1) is 5.82 Å². The molecule has 12 heteroatoms. The van der Waals surface area contributed by atoms with Crippen molar-refractivity contribution in [2.75, 3.05) is 25.1 Å². The molecule has 0 heterocycles. The molecule has 9 nitrogen and oxygen atoms in total. The molecule has 0 aliphatic carbocycles. The van der Waals surface area contributed by atoms with E-state index < -0.39 is 45.8 Å². The van der Waals surface area contributed by atoms with Gasteiger partial charge in [-0.25, -0.2) is 12.8 Å². The molecule has 1 atom stereocenters. The van der Waals surface area contributed by atoms with Crippen molar-refractivity contribution < 1.29 is 31.9 Å². The lowest BCUT2D eigenvalue weighted by Crippen LogP contribution is -2.54. The second-order valence-electron chi connectivity index (χ2n) is 10.6. The molecule has 0 bridgehead atoms. The second kappa shape index (κ2) is 13.6. The van der Waals surface area contributed by atoms with Gasteiger partial charge in [0.1, 0.15) is 18.4 Å². The molecule has 0 unspecified atom stereocenters. The number of benzene rings is 3. The normalized spacial score (nSPS) is 12.3. The summed E-state index contributed by atoms with van der Waals surface area (Å²) >= 11 is 3.43. The summed E-state index contributed by atoms with van der Waals surface area (Å²) < 4.78 is 54.0. The highest BCUT2D eigenvalue weighted by Crippen LogP contribution is 2.32. The van der Waals surface area contributed by atoms with Crippen LogP contribution in [0.3, 0.4) is 0 Å². The molecule has 3 aromatic carbocycles. The largest absolute Gasteiger partial charge is 0.493 e. The number of carbonyl (C=O) groups is 2. The van der Waals surface area contributed by atoms with Crippen LogP contribution in [0.25, 0.3) is 0 Å². The zero-order chi connectivity index (χ0) is 31.2. The van der Waals surface area contributed by atoms with E-state index >= 15 is 0 Å². The third-order valence-electron chi connectivity index (χ3n) is 6.24. The van der Waals surface area contributed by atoms with Gasteiger partial charge in [-0.05, 0) is 81.8 Å². The number of hydrogen-bond donors (Lipinski definition) is 1. The summed E-state index contributed by atoms with van der Waals surface area (Å²) in [5.74, 6) is -1.12. The minimum absolute atomic E-state index is 0.0324. The van der Waals surface area contributed by atoms with Gasteiger partial charge in [0.05, 0.1) is 24.8 Å². The van der Waals surface area contributed by atoms with Gasteiger partial charge >= 0.3 is 0 Å². The van der Waals surface area contributed by atoms with Gasteiger partial charge in [-0.2, -0.15) is 0 Å². The SMILES string of the molecule is COc1ccc(S(=O)(=O)N(CC(=O)N(Cc2cccc(Br)c2)[C@H](C)C(=O)NC(C)(C)C)c2ccc(F)cc2)cc1OC. The number of amides is 2. The summed E-state index contributed by atoms with van der Waals surface area (Å²) in [7, 11) is -1.59. The molecular formula is C30H35BrFN3O6S. The Morgan fingerprint density at radius 1 is 0.976 bits per heavy atom. The van der Waals surface area contributed by atoms with Crippen molar-refractivity contribution in [3.8, 4) is 11.5 Å². The quantitative estimate of drug-likeness (QED) is 0.305. The molecule has 0 radical (unpaired) electrons. The molecule has 42 heavy (non-hydrogen) atoms. The number of halogens is 2. The summed E-state index contributed by atoms with van der Waals surface area (Å²) in [6, 6.07) is 15.1. The molecule has 3 rings (SSSR count). The Morgan fingerprint density at radius 2 is 1.62 bits per heavy atom. The fourth-order valence-electron chi connectivity index (χ4n) is 4.13. The number of nitrogens with zero attached hydrogens (tertiary/aromatic N) is 2. The molecule has 226 valence electrons. The zero-order valence-corrected chi connectivity index (χ0v) is 26.8. The fraction of sp³-hybridized carbons (Fsp3) is 0.333. The van der Waals surface area contributed by atoms with Crippen molar-refractivity contribution in [3.63, 3.8) is 0 Å². The first-order valence-corrected chi connectivity index (χ1v) is 15.3. The van der Waals surface area contributed by atoms with Crippen LogP contribution in [-0.2, 0) is 26.2 Å². The Hall–Kier alpha value is -3.64. The van der Waals surface area contributed by atoms with Gasteiger partial charge in [-0.15, -0.1) is 0 Å². The summed E-state index contributed by atoms with van der Waals surface area (Å²) in [5.41, 5.74) is 0.227. The number of hydrogen-bond acceptors (Lipinski definition) is 6. The van der Waals surface area contributed by atoms with Crippen molar-refractivity contribution in [1.29, 1.82) is 0 Å². The maximum atomic E-state index is 14.0. The lowest BCUT2D eigenvalue weighted by Gasteiger charge is -2.33. The molecule has 0 saturated heterocycles. The van der Waals surface area contributed by atoms with Crippen LogP contribution in [0.1, 0.15) is 33.3 Å². The van der Waals surface area contributed by atoms with Crippen molar-refractivity contribution >= 4 is 43.5 Å². The van der Waals surface area contributed by atoms with E-state index in [1.807, 2.05) is 32.9 Å². The summed E-state index contributed by atoms with van der Waals surface area (Å²) in [6.07, 6.45) is 0. The molecule has 0 aromatic heterocycles. The first kappa shape index (κ1) is 32.9. The number of carbonyl (C=O) groups excluding carboxylic acids is 2. The van der Waals surface area contributed by atoms with Gasteiger partial charge in [-0.1, -0.05) is 28.1 Å². The Kier molecular flexibility index (Phi) is 10.6. The standard InChI is InChI=1S/C30H35BrFN3O6S/c1-20(29(37)33-30(2,3)4)34(18-21-8-7-9-22(31)16-21)28(36)19-35(24-12-10-23(32)11-13-24)42(38,39)25-14-15-26(40-5)27(17-25)41-6/h7-17,20H,18-19H2,1-6H3,(H,33,37)/t20-/m1/s1. The van der Waals surface area contributed by atoms with Crippen LogP contribution >= 0.6 is 15.9 Å². The molecule has 0 aliphatic rings. The van der Waals surface area contributed by atoms with Crippen molar-refractivity contribution in [1.82, 2.24) is 10.2 Å². The van der Waals surface area contributed by atoms with E-state index in [0.717, 1.165) is 26.5 Å². The molecule has 0 fully saturated rings. The zero-order valence-electron chi connectivity index (χ0n) is 24.4. The Balaban J connectivity index is 2.08. The van der Waals surface area contributed by atoms with E-state index in [2.05, 4.69) is 21.2 Å². The maximum absolute atomic E-state index is 14.0. The van der Waals surface area contributed by atoms with E-state index in [9.17, 15) is 22.4 Å². The predicted molar refractivity (Wildman–Crippen MR) is 163 cm³/mol. The van der Waals surface area contributed by atoms with E-state index in [-0.39, 0.29) is 22.9 Å². The number of nitrogens with one attached hydrogen (secondary N) is 1. The average molecular weight is 665 g/mol. The molecule has 0 aliphatic heterocycles. The smallest absolute Gasteiger partial charge is 0.264 e. The average Bonchev–Trinajstić information content (AvgIpc) is 2.93. The van der Waals surface area contributed by atoms with Crippen LogP contribution in [0.4, 0.5) is 10.1 Å². The van der Waals surface area contributed by atoms with E-state index in [4.69, 9.17) is 9.47 Å². The van der Waals surface area contributed by atoms with Crippen molar-refractivity contribution in [2.45, 2.75) is 50.7 Å². The highest BCUT2D eigenvalue weighted by Gasteiger charge is 2.34. The van der Waals surface area contributed by atoms with Gasteiger partial charge in [0.25, 0.3) is 10.0 Å². The monoisotopic (exact) mass is 663 g/mol. The molecule has 1 N–H and O–H groups in total. The maximum Gasteiger partial charge on any atom is 0.264 e. The van der Waals surface area contributed by atoms with Crippen LogP contribution < -0.4 is 19.1 Å². The van der Waals surface area contributed by atoms with E-state index in [1.54, 1.807) is 19.1 Å². The lowest BCUT2D eigenvalue weighted by molar-refractivity contribution is -0.140. The highest BCUT2D eigenvalue weighted by atomic mass is 79.9. The van der Waals surface area contributed by atoms with Gasteiger partial charge in [-0.3, -0.25) is 13.9 Å². The number of methoxy groups -OCH3 is 2. The van der Waals surface area contributed by atoms with E-state index in [0.29, 0.717) is 5.75 Å². The molecule has 3 aromatic rings. The minimum Gasteiger partial charge on any atom is -0.493 e. The predicted octanol–water partition coefficient (Wildman–Crippen LogP) is 5.13. The number of sulfonamides is 1. The molecular weight excluding hydrogens is 629 g/mol. The second-order valence-corrected chi connectivity index (χ2v) is 13.3. The lowest BCUT2D eigenvalue weighted by atomic mass is 10.1. The van der Waals surface area contributed by atoms with Crippen LogP contribution in [0.5, 0.6) is 11.5 Å².